The summed E-state index contributed by atoms with van der Waals surface area (Å²) in [6, 6.07) is 16.8. The molecule has 0 saturated heterocycles. The molecule has 0 bridgehead atoms. The predicted molar refractivity (Wildman–Crippen MR) is 114 cm³/mol. The Morgan fingerprint density at radius 3 is 2.35 bits per heavy atom. The summed E-state index contributed by atoms with van der Waals surface area (Å²) in [7, 11) is 0. The Balaban J connectivity index is 1.89. The van der Waals surface area contributed by atoms with E-state index >= 15 is 0 Å². The van der Waals surface area contributed by atoms with Crippen molar-refractivity contribution in [3.8, 4) is 0 Å². The van der Waals surface area contributed by atoms with Crippen molar-refractivity contribution in [1.82, 2.24) is 4.68 Å². The van der Waals surface area contributed by atoms with E-state index in [1.807, 2.05) is 17.8 Å². The highest BCUT2D eigenvalue weighted by molar-refractivity contribution is 7.98. The number of nitrogens with zero attached hydrogens (tertiary/aromatic N) is 3. The Bertz CT molecular complexity index is 946. The minimum absolute atomic E-state index is 0.528. The number of thiazole rings is 1. The first-order valence-corrected chi connectivity index (χ1v) is 10.7. The van der Waals surface area contributed by atoms with E-state index in [9.17, 15) is 0 Å². The molecular weight excluding hydrogens is 358 g/mol. The molecule has 0 saturated carbocycles. The van der Waals surface area contributed by atoms with Gasteiger partial charge in [0.05, 0.1) is 17.6 Å². The van der Waals surface area contributed by atoms with E-state index < -0.39 is 0 Å². The first kappa shape index (κ1) is 18.7. The van der Waals surface area contributed by atoms with E-state index in [1.165, 1.54) is 10.5 Å². The van der Waals surface area contributed by atoms with Crippen LogP contribution in [0.2, 0.25) is 0 Å². The summed E-state index contributed by atoms with van der Waals surface area (Å²) in [5.41, 5.74) is 4.42. The van der Waals surface area contributed by atoms with E-state index in [1.54, 1.807) is 23.1 Å². The van der Waals surface area contributed by atoms with Crippen LogP contribution in [0.1, 0.15) is 36.6 Å². The number of hydrogen-bond donors (Lipinski definition) is 0. The van der Waals surface area contributed by atoms with Gasteiger partial charge in [-0.25, -0.2) is 9.67 Å². The third kappa shape index (κ3) is 4.54. The van der Waals surface area contributed by atoms with Crippen molar-refractivity contribution in [2.45, 2.75) is 31.6 Å². The van der Waals surface area contributed by atoms with E-state index in [0.717, 1.165) is 21.7 Å². The van der Waals surface area contributed by atoms with Gasteiger partial charge >= 0.3 is 0 Å². The van der Waals surface area contributed by atoms with Crippen LogP contribution in [0.4, 0.5) is 5.69 Å². The van der Waals surface area contributed by atoms with Crippen LogP contribution < -0.4 is 4.80 Å². The largest absolute Gasteiger partial charge is 0.220 e. The van der Waals surface area contributed by atoms with Gasteiger partial charge < -0.3 is 0 Å². The minimum atomic E-state index is 0.528. The number of benzene rings is 2. The normalized spacial score (nSPS) is 12.4. The zero-order chi connectivity index (χ0) is 18.5. The summed E-state index contributed by atoms with van der Waals surface area (Å²) in [5.74, 6) is 0.528. The van der Waals surface area contributed by atoms with Crippen LogP contribution in [0.3, 0.4) is 0 Å². The molecule has 3 rings (SSSR count). The fourth-order valence-electron chi connectivity index (χ4n) is 2.46. The lowest BCUT2D eigenvalue weighted by molar-refractivity contribution is 0.809. The van der Waals surface area contributed by atoms with Gasteiger partial charge in [-0.15, -0.1) is 23.1 Å². The fraction of sp³-hybridized carbons (Fsp3) is 0.238. The van der Waals surface area contributed by atoms with Gasteiger partial charge in [-0.1, -0.05) is 38.1 Å². The van der Waals surface area contributed by atoms with Gasteiger partial charge in [-0.3, -0.25) is 0 Å². The van der Waals surface area contributed by atoms with Crippen LogP contribution in [0.15, 0.2) is 68.9 Å². The van der Waals surface area contributed by atoms with E-state index in [-0.39, 0.29) is 0 Å². The lowest BCUT2D eigenvalue weighted by Crippen LogP contribution is -2.11. The highest BCUT2D eigenvalue weighted by Gasteiger charge is 2.01. The van der Waals surface area contributed by atoms with Gasteiger partial charge in [0.1, 0.15) is 0 Å². The molecule has 0 aliphatic heterocycles. The number of thioether (sulfide) groups is 1. The zero-order valence-corrected chi connectivity index (χ0v) is 17.1. The van der Waals surface area contributed by atoms with Crippen LogP contribution in [0.5, 0.6) is 0 Å². The molecule has 0 amide bonds. The van der Waals surface area contributed by atoms with Crippen LogP contribution >= 0.6 is 23.1 Å². The maximum absolute atomic E-state index is 4.77. The summed E-state index contributed by atoms with van der Waals surface area (Å²) in [6.45, 7) is 6.44. The average Bonchev–Trinajstić information content (AvgIpc) is 3.00. The van der Waals surface area contributed by atoms with E-state index in [4.69, 9.17) is 4.99 Å². The number of rotatable bonds is 5. The van der Waals surface area contributed by atoms with Gasteiger partial charge in [0, 0.05) is 10.3 Å². The average molecular weight is 382 g/mol. The van der Waals surface area contributed by atoms with Crippen molar-refractivity contribution in [1.29, 1.82) is 0 Å². The molecule has 0 atom stereocenters. The van der Waals surface area contributed by atoms with E-state index in [2.05, 4.69) is 79.1 Å². The van der Waals surface area contributed by atoms with Crippen molar-refractivity contribution in [3.05, 3.63) is 75.5 Å². The maximum Gasteiger partial charge on any atom is 0.211 e. The molecule has 5 heteroatoms. The van der Waals surface area contributed by atoms with Crippen molar-refractivity contribution in [2.24, 2.45) is 10.1 Å². The Morgan fingerprint density at radius 1 is 1.04 bits per heavy atom. The standard InChI is InChI=1S/C21H23N3S2/c1-15(2)18-7-9-19(10-8-18)23-21-24(16(3)14-26-21)22-13-17-5-11-20(25-4)12-6-17/h5-15H,1-4H3. The molecule has 1 aromatic heterocycles. The molecule has 0 fully saturated rings. The second-order valence-electron chi connectivity index (χ2n) is 6.35. The molecule has 0 unspecified atom stereocenters. The molecule has 134 valence electrons. The molecule has 0 spiro atoms. The summed E-state index contributed by atoms with van der Waals surface area (Å²) >= 11 is 3.34. The SMILES string of the molecule is CSc1ccc(C=Nn2c(C)csc2=Nc2ccc(C(C)C)cc2)cc1. The first-order valence-electron chi connectivity index (χ1n) is 8.57. The highest BCUT2D eigenvalue weighted by Crippen LogP contribution is 2.19. The summed E-state index contributed by atoms with van der Waals surface area (Å²) < 4.78 is 1.89. The topological polar surface area (TPSA) is 29.6 Å². The third-order valence-corrected chi connectivity index (χ3v) is 5.75. The van der Waals surface area contributed by atoms with Crippen molar-refractivity contribution >= 4 is 35.0 Å². The number of aromatic nitrogens is 1. The smallest absolute Gasteiger partial charge is 0.211 e. The maximum atomic E-state index is 4.77. The fourth-order valence-corrected chi connectivity index (χ4v) is 3.69. The summed E-state index contributed by atoms with van der Waals surface area (Å²) in [4.78, 5) is 6.89. The molecule has 0 aliphatic carbocycles. The molecular formula is C21H23N3S2. The van der Waals surface area contributed by atoms with Crippen LogP contribution in [-0.4, -0.2) is 17.1 Å². The van der Waals surface area contributed by atoms with Crippen molar-refractivity contribution in [2.75, 3.05) is 6.26 Å². The second-order valence-corrected chi connectivity index (χ2v) is 8.06. The minimum Gasteiger partial charge on any atom is -0.220 e. The molecule has 26 heavy (non-hydrogen) atoms. The predicted octanol–water partition coefficient (Wildman–Crippen LogP) is 5.82. The molecule has 2 aromatic carbocycles. The number of aryl methyl sites for hydroxylation is 1. The molecule has 1 heterocycles. The molecule has 3 aromatic rings. The van der Waals surface area contributed by atoms with E-state index in [0.29, 0.717) is 5.92 Å². The van der Waals surface area contributed by atoms with Gasteiger partial charge in [0.15, 0.2) is 0 Å². The Morgan fingerprint density at radius 2 is 1.73 bits per heavy atom. The molecule has 0 N–H and O–H groups in total. The lowest BCUT2D eigenvalue weighted by Gasteiger charge is -2.04. The quantitative estimate of drug-likeness (QED) is 0.404. The third-order valence-electron chi connectivity index (χ3n) is 4.07. The Labute approximate surface area is 163 Å². The Hall–Kier alpha value is -2.11. The molecule has 0 aliphatic rings. The number of hydrogen-bond acceptors (Lipinski definition) is 4. The monoisotopic (exact) mass is 381 g/mol. The zero-order valence-electron chi connectivity index (χ0n) is 15.5. The van der Waals surface area contributed by atoms with Gasteiger partial charge in [0.2, 0.25) is 4.80 Å². The van der Waals surface area contributed by atoms with Crippen LogP contribution in [0.25, 0.3) is 0 Å². The summed E-state index contributed by atoms with van der Waals surface area (Å²) in [6.07, 6.45) is 3.96. The van der Waals surface area contributed by atoms with Crippen LogP contribution in [-0.2, 0) is 0 Å². The van der Waals surface area contributed by atoms with Gasteiger partial charge in [0.25, 0.3) is 0 Å². The van der Waals surface area contributed by atoms with Gasteiger partial charge in [-0.2, -0.15) is 5.10 Å². The first-order chi connectivity index (χ1) is 12.6. The van der Waals surface area contributed by atoms with Crippen molar-refractivity contribution < 1.29 is 0 Å². The lowest BCUT2D eigenvalue weighted by atomic mass is 10.0. The Kier molecular flexibility index (Phi) is 6.12. The van der Waals surface area contributed by atoms with Gasteiger partial charge in [-0.05, 0) is 54.5 Å². The second kappa shape index (κ2) is 8.52. The van der Waals surface area contributed by atoms with Crippen molar-refractivity contribution in [3.63, 3.8) is 0 Å². The molecule has 3 nitrogen and oxygen atoms in total. The highest BCUT2D eigenvalue weighted by atomic mass is 32.2. The molecule has 0 radical (unpaired) electrons. The van der Waals surface area contributed by atoms with Crippen LogP contribution in [0, 0.1) is 6.92 Å². The summed E-state index contributed by atoms with van der Waals surface area (Å²) in [5, 5.41) is 6.71.